The predicted molar refractivity (Wildman–Crippen MR) is 28.8 cm³/mol. The van der Waals surface area contributed by atoms with Gasteiger partial charge in [-0.25, -0.2) is 0 Å². The molecule has 0 aliphatic carbocycles. The molecule has 0 bridgehead atoms. The fourth-order valence-corrected chi connectivity index (χ4v) is 0. The van der Waals surface area contributed by atoms with Crippen LogP contribution in [-0.4, -0.2) is 92.8 Å². The molecule has 0 unspecified atom stereocenters. The van der Waals surface area contributed by atoms with Crippen molar-refractivity contribution in [1.82, 2.24) is 0 Å². The molecule has 0 aromatic heterocycles. The Bertz CT molecular complexity index is 7.61. The van der Waals surface area contributed by atoms with E-state index in [1.165, 1.54) is 0 Å². The zero-order valence-electron chi connectivity index (χ0n) is 2.63. The van der Waals surface area contributed by atoms with Crippen LogP contribution >= 0.6 is 0 Å². The molecule has 0 aliphatic heterocycles. The molecular weight excluding hydrogens is 316 g/mol. The third-order valence-electron chi connectivity index (χ3n) is 0. The number of rotatable bonds is 0. The van der Waals surface area contributed by atoms with Crippen LogP contribution in [0.1, 0.15) is 0 Å². The van der Waals surface area contributed by atoms with Gasteiger partial charge in [-0.05, 0) is 0 Å². The van der Waals surface area contributed by atoms with E-state index in [1.807, 2.05) is 0 Å². The molecule has 19 valence electrons. The summed E-state index contributed by atoms with van der Waals surface area (Å²) in [6.45, 7) is 0. The first-order valence-corrected chi connectivity index (χ1v) is 0. The summed E-state index contributed by atoms with van der Waals surface area (Å²) >= 11 is 0. The molecule has 0 rings (SSSR count). The largest absolute Gasteiger partial charge is 0 e. The molecule has 0 heterocycles. The van der Waals surface area contributed by atoms with Crippen molar-refractivity contribution in [1.29, 1.82) is 0 Å². The van der Waals surface area contributed by atoms with E-state index < -0.39 is 0 Å². The van der Waals surface area contributed by atoms with Gasteiger partial charge in [0.25, 0.3) is 0 Å². The van der Waals surface area contributed by atoms with Gasteiger partial charge in [-0.2, -0.15) is 0 Å². The second-order valence-electron chi connectivity index (χ2n) is 0. The summed E-state index contributed by atoms with van der Waals surface area (Å²) < 4.78 is 0. The first-order chi connectivity index (χ1) is 0. The van der Waals surface area contributed by atoms with Crippen molar-refractivity contribution in [3.63, 3.8) is 0 Å². The van der Waals surface area contributed by atoms with Crippen molar-refractivity contribution < 1.29 is 0 Å². The van der Waals surface area contributed by atoms with E-state index in [4.69, 9.17) is 0 Å². The summed E-state index contributed by atoms with van der Waals surface area (Å²) in [5.74, 6) is 0. The molecular formula is AlAs2Ga2. The van der Waals surface area contributed by atoms with Gasteiger partial charge in [0, 0.05) is 92.8 Å². The summed E-state index contributed by atoms with van der Waals surface area (Å²) in [6, 6.07) is 0. The van der Waals surface area contributed by atoms with Crippen LogP contribution in [0.5, 0.6) is 0 Å². The average Bonchev–Trinajstić information content (AvgIpc) is 0. The molecule has 0 amide bonds. The summed E-state index contributed by atoms with van der Waals surface area (Å²) in [5.41, 5.74) is 0. The van der Waals surface area contributed by atoms with E-state index in [0.29, 0.717) is 0 Å². The van der Waals surface area contributed by atoms with E-state index >= 15 is 0 Å². The van der Waals surface area contributed by atoms with Gasteiger partial charge in [0.15, 0.2) is 0 Å². The maximum absolute atomic E-state index is 0. The van der Waals surface area contributed by atoms with E-state index in [-0.39, 0.29) is 92.8 Å². The molecule has 0 atom stereocenters. The van der Waals surface area contributed by atoms with E-state index in [1.54, 1.807) is 0 Å². The van der Waals surface area contributed by atoms with Gasteiger partial charge in [-0.1, -0.05) is 0 Å². The SMILES string of the molecule is [Al].[As].[As].[Ga].[Ga]. The average molecular weight is 316 g/mol. The summed E-state index contributed by atoms with van der Waals surface area (Å²) in [6.07, 6.45) is 0. The van der Waals surface area contributed by atoms with Gasteiger partial charge in [0.1, 0.15) is 0 Å². The third-order valence-corrected chi connectivity index (χ3v) is 0. The first kappa shape index (κ1) is 44.5. The van der Waals surface area contributed by atoms with Crippen molar-refractivity contribution in [2.24, 2.45) is 0 Å². The molecule has 0 aliphatic rings. The Morgan fingerprint density at radius 2 is 0.600 bits per heavy atom. The summed E-state index contributed by atoms with van der Waals surface area (Å²) in [7, 11) is 0. The minimum absolute atomic E-state index is 0. The van der Waals surface area contributed by atoms with Crippen LogP contribution in [-0.2, 0) is 0 Å². The van der Waals surface area contributed by atoms with E-state index in [0.717, 1.165) is 0 Å². The minimum atomic E-state index is 0. The molecule has 0 fully saturated rings. The molecule has 0 saturated carbocycles. The molecule has 0 nitrogen and oxygen atoms in total. The van der Waals surface area contributed by atoms with Crippen molar-refractivity contribution >= 4 is 92.8 Å². The standard InChI is InChI=1S/Al.2As.2Ga. The zero-order valence-corrected chi connectivity index (χ0v) is 12.4. The Balaban J connectivity index is 0. The Kier molecular flexibility index (Phi) is 253. The topological polar surface area (TPSA) is 0 Å². The Hall–Kier alpha value is 2.92. The van der Waals surface area contributed by atoms with Gasteiger partial charge in [0.2, 0.25) is 0 Å². The van der Waals surface area contributed by atoms with Gasteiger partial charge < -0.3 is 0 Å². The molecule has 0 aromatic rings. The number of hydrogen-bond donors (Lipinski definition) is 0. The summed E-state index contributed by atoms with van der Waals surface area (Å²) in [4.78, 5) is 0. The quantitative estimate of drug-likeness (QED) is 0.458. The second-order valence-corrected chi connectivity index (χ2v) is 0. The van der Waals surface area contributed by atoms with Crippen LogP contribution in [0.25, 0.3) is 0 Å². The smallest absolute Gasteiger partial charge is 0 e. The monoisotopic (exact) mass is 315 g/mol. The molecule has 0 saturated heterocycles. The third kappa shape index (κ3) is 19.6. The van der Waals surface area contributed by atoms with Crippen LogP contribution in [0.4, 0.5) is 0 Å². The van der Waals surface area contributed by atoms with Crippen molar-refractivity contribution in [3.05, 3.63) is 0 Å². The van der Waals surface area contributed by atoms with Crippen LogP contribution in [0, 0.1) is 0 Å². The molecule has 0 spiro atoms. The fourth-order valence-electron chi connectivity index (χ4n) is 0. The van der Waals surface area contributed by atoms with Crippen LogP contribution in [0.2, 0.25) is 0 Å². The Labute approximate surface area is 91.5 Å². The zero-order chi connectivity index (χ0) is 0. The van der Waals surface area contributed by atoms with Crippen molar-refractivity contribution in [3.8, 4) is 0 Å². The second kappa shape index (κ2) is 28.4. The Morgan fingerprint density at radius 1 is 0.600 bits per heavy atom. The molecule has 0 aromatic carbocycles. The van der Waals surface area contributed by atoms with Crippen molar-refractivity contribution in [2.75, 3.05) is 0 Å². The molecule has 5 heavy (non-hydrogen) atoms. The summed E-state index contributed by atoms with van der Waals surface area (Å²) in [5, 5.41) is 0. The van der Waals surface area contributed by atoms with E-state index in [2.05, 4.69) is 0 Å². The van der Waals surface area contributed by atoms with Gasteiger partial charge in [-0.3, -0.25) is 0 Å². The minimum Gasteiger partial charge on any atom is 0 e. The van der Waals surface area contributed by atoms with Gasteiger partial charge >= 0.3 is 0 Å². The number of hydrogen-bond acceptors (Lipinski definition) is 0. The molecule has 5 heteroatoms. The van der Waals surface area contributed by atoms with Crippen LogP contribution < -0.4 is 0 Å². The van der Waals surface area contributed by atoms with Gasteiger partial charge in [-0.15, -0.1) is 0 Å². The Morgan fingerprint density at radius 3 is 0.600 bits per heavy atom. The molecule has 0 N–H and O–H groups in total. The fraction of sp³-hybridized carbons (Fsp3) is 0. The predicted octanol–water partition coefficient (Wildman–Crippen LogP) is -1.90. The van der Waals surface area contributed by atoms with Gasteiger partial charge in [0.05, 0.1) is 0 Å². The maximum Gasteiger partial charge on any atom is 0 e. The molecule has 15 radical (unpaired) electrons. The van der Waals surface area contributed by atoms with E-state index in [9.17, 15) is 0 Å². The first-order valence-electron chi connectivity index (χ1n) is 0. The van der Waals surface area contributed by atoms with Crippen LogP contribution in [0.15, 0.2) is 0 Å². The normalized spacial score (nSPS) is 0. The van der Waals surface area contributed by atoms with Crippen LogP contribution in [0.3, 0.4) is 0 Å². The van der Waals surface area contributed by atoms with Crippen molar-refractivity contribution in [2.45, 2.75) is 0 Å². The maximum atomic E-state index is 0.